The summed E-state index contributed by atoms with van der Waals surface area (Å²) in [5.74, 6) is -0.492. The molecule has 0 bridgehead atoms. The molecule has 3 N–H and O–H groups in total. The molecule has 158 valence electrons. The van der Waals surface area contributed by atoms with Crippen molar-refractivity contribution >= 4 is 35.0 Å². The third kappa shape index (κ3) is 6.07. The Labute approximate surface area is 184 Å². The first-order valence-corrected chi connectivity index (χ1v) is 9.72. The van der Waals surface area contributed by atoms with Crippen LogP contribution in [0.15, 0.2) is 72.8 Å². The zero-order valence-electron chi connectivity index (χ0n) is 16.6. The number of ether oxygens (including phenoxy) is 1. The van der Waals surface area contributed by atoms with E-state index < -0.39 is 11.8 Å². The van der Waals surface area contributed by atoms with E-state index in [-0.39, 0.29) is 22.9 Å². The number of hydrogen-bond acceptors (Lipinski definition) is 4. The number of halogens is 1. The standard InChI is InChI=1S/C23H20ClN3O4/c1-31-18-12-6-15(7-13-18)14-21(28)25-17-10-8-16(9-11-17)22(29)26-27-23(30)19-4-2-3-5-20(19)24/h2-13H,14H2,1H3,(H,25,28)(H,26,29)(H,27,30). The molecule has 0 unspecified atom stereocenters. The molecular formula is C23H20ClN3O4. The summed E-state index contributed by atoms with van der Waals surface area (Å²) in [6, 6.07) is 20.0. The van der Waals surface area contributed by atoms with Crippen molar-refractivity contribution in [1.29, 1.82) is 0 Å². The summed E-state index contributed by atoms with van der Waals surface area (Å²) in [6.45, 7) is 0. The van der Waals surface area contributed by atoms with Crippen molar-refractivity contribution in [2.24, 2.45) is 0 Å². The normalized spacial score (nSPS) is 10.1. The van der Waals surface area contributed by atoms with Crippen LogP contribution in [0.3, 0.4) is 0 Å². The fourth-order valence-electron chi connectivity index (χ4n) is 2.74. The van der Waals surface area contributed by atoms with Crippen molar-refractivity contribution in [3.05, 3.63) is 94.5 Å². The highest BCUT2D eigenvalue weighted by molar-refractivity contribution is 6.33. The predicted octanol–water partition coefficient (Wildman–Crippen LogP) is 3.60. The minimum absolute atomic E-state index is 0.186. The van der Waals surface area contributed by atoms with Gasteiger partial charge in [-0.3, -0.25) is 25.2 Å². The van der Waals surface area contributed by atoms with Crippen molar-refractivity contribution in [2.45, 2.75) is 6.42 Å². The molecule has 3 rings (SSSR count). The number of carbonyl (C=O) groups excluding carboxylic acids is 3. The number of rotatable bonds is 6. The SMILES string of the molecule is COc1ccc(CC(=O)Nc2ccc(C(=O)NNC(=O)c3ccccc3Cl)cc2)cc1. The van der Waals surface area contributed by atoms with Gasteiger partial charge >= 0.3 is 0 Å². The average Bonchev–Trinajstić information content (AvgIpc) is 2.78. The van der Waals surface area contributed by atoms with Gasteiger partial charge in [0, 0.05) is 11.3 Å². The lowest BCUT2D eigenvalue weighted by atomic mass is 10.1. The van der Waals surface area contributed by atoms with Gasteiger partial charge < -0.3 is 10.1 Å². The van der Waals surface area contributed by atoms with Gasteiger partial charge in [-0.2, -0.15) is 0 Å². The number of amides is 3. The van der Waals surface area contributed by atoms with Crippen LogP contribution in [-0.4, -0.2) is 24.8 Å². The minimum atomic E-state index is -0.527. The lowest BCUT2D eigenvalue weighted by Crippen LogP contribution is -2.41. The first-order chi connectivity index (χ1) is 15.0. The molecule has 0 fully saturated rings. The first kappa shape index (κ1) is 21.9. The van der Waals surface area contributed by atoms with Crippen LogP contribution in [0.1, 0.15) is 26.3 Å². The molecule has 0 radical (unpaired) electrons. The third-order valence-electron chi connectivity index (χ3n) is 4.36. The maximum absolute atomic E-state index is 12.2. The number of hydrazine groups is 1. The molecule has 0 heterocycles. The average molecular weight is 438 g/mol. The van der Waals surface area contributed by atoms with Gasteiger partial charge in [0.05, 0.1) is 24.1 Å². The van der Waals surface area contributed by atoms with Crippen LogP contribution in [0.4, 0.5) is 5.69 Å². The van der Waals surface area contributed by atoms with Crippen molar-refractivity contribution in [3.63, 3.8) is 0 Å². The lowest BCUT2D eigenvalue weighted by molar-refractivity contribution is -0.115. The van der Waals surface area contributed by atoms with Crippen molar-refractivity contribution in [2.75, 3.05) is 12.4 Å². The van der Waals surface area contributed by atoms with Gasteiger partial charge in [0.15, 0.2) is 0 Å². The van der Waals surface area contributed by atoms with Gasteiger partial charge in [-0.1, -0.05) is 35.9 Å². The van der Waals surface area contributed by atoms with Gasteiger partial charge in [0.25, 0.3) is 11.8 Å². The van der Waals surface area contributed by atoms with Crippen molar-refractivity contribution in [3.8, 4) is 5.75 Å². The van der Waals surface area contributed by atoms with E-state index in [0.29, 0.717) is 11.3 Å². The molecule has 0 aromatic heterocycles. The molecule has 3 aromatic carbocycles. The van der Waals surface area contributed by atoms with Crippen LogP contribution >= 0.6 is 11.6 Å². The number of hydrogen-bond donors (Lipinski definition) is 3. The highest BCUT2D eigenvalue weighted by atomic mass is 35.5. The van der Waals surface area contributed by atoms with E-state index in [2.05, 4.69) is 16.2 Å². The number of nitrogens with one attached hydrogen (secondary N) is 3. The van der Waals surface area contributed by atoms with Gasteiger partial charge in [-0.15, -0.1) is 0 Å². The topological polar surface area (TPSA) is 96.5 Å². The van der Waals surface area contributed by atoms with E-state index in [1.54, 1.807) is 67.8 Å². The number of benzene rings is 3. The predicted molar refractivity (Wildman–Crippen MR) is 118 cm³/mol. The summed E-state index contributed by atoms with van der Waals surface area (Å²) < 4.78 is 5.10. The summed E-state index contributed by atoms with van der Waals surface area (Å²) in [5, 5.41) is 3.06. The number of carbonyl (C=O) groups is 3. The quantitative estimate of drug-likeness (QED) is 0.513. The molecule has 8 heteroatoms. The molecule has 3 amide bonds. The van der Waals surface area contributed by atoms with E-state index in [0.717, 1.165) is 11.3 Å². The van der Waals surface area contributed by atoms with E-state index in [1.165, 1.54) is 0 Å². The van der Waals surface area contributed by atoms with Gasteiger partial charge in [0.2, 0.25) is 5.91 Å². The maximum atomic E-state index is 12.2. The summed E-state index contributed by atoms with van der Waals surface area (Å²) >= 11 is 5.96. The number of anilines is 1. The Balaban J connectivity index is 1.51. The molecule has 0 spiro atoms. The Bertz CT molecular complexity index is 1080. The second-order valence-electron chi connectivity index (χ2n) is 6.54. The summed E-state index contributed by atoms with van der Waals surface area (Å²) in [4.78, 5) is 36.5. The van der Waals surface area contributed by atoms with E-state index in [1.807, 2.05) is 12.1 Å². The van der Waals surface area contributed by atoms with E-state index in [9.17, 15) is 14.4 Å². The highest BCUT2D eigenvalue weighted by Gasteiger charge is 2.12. The second-order valence-corrected chi connectivity index (χ2v) is 6.95. The van der Waals surface area contributed by atoms with Crippen molar-refractivity contribution in [1.82, 2.24) is 10.9 Å². The highest BCUT2D eigenvalue weighted by Crippen LogP contribution is 2.15. The Morgan fingerprint density at radius 3 is 2.13 bits per heavy atom. The summed E-state index contributed by atoms with van der Waals surface area (Å²) in [5.41, 5.74) is 6.61. The number of methoxy groups -OCH3 is 1. The molecule has 0 aliphatic rings. The molecule has 7 nitrogen and oxygen atoms in total. The summed E-state index contributed by atoms with van der Waals surface area (Å²) in [7, 11) is 1.58. The van der Waals surface area contributed by atoms with Crippen LogP contribution < -0.4 is 20.9 Å². The van der Waals surface area contributed by atoms with Crippen LogP contribution in [-0.2, 0) is 11.2 Å². The van der Waals surface area contributed by atoms with E-state index >= 15 is 0 Å². The molecular weight excluding hydrogens is 418 g/mol. The monoisotopic (exact) mass is 437 g/mol. The van der Waals surface area contributed by atoms with Crippen LogP contribution in [0, 0.1) is 0 Å². The fraction of sp³-hybridized carbons (Fsp3) is 0.0870. The Morgan fingerprint density at radius 2 is 1.48 bits per heavy atom. The molecule has 0 aliphatic heterocycles. The molecule has 0 saturated carbocycles. The van der Waals surface area contributed by atoms with Crippen LogP contribution in [0.2, 0.25) is 5.02 Å². The third-order valence-corrected chi connectivity index (χ3v) is 4.69. The second kappa shape index (κ2) is 10.3. The van der Waals surface area contributed by atoms with Gasteiger partial charge in [-0.05, 0) is 54.1 Å². The maximum Gasteiger partial charge on any atom is 0.271 e. The largest absolute Gasteiger partial charge is 0.497 e. The zero-order valence-corrected chi connectivity index (χ0v) is 17.4. The first-order valence-electron chi connectivity index (χ1n) is 9.34. The molecule has 31 heavy (non-hydrogen) atoms. The summed E-state index contributed by atoms with van der Waals surface area (Å²) in [6.07, 6.45) is 0.209. The molecule has 0 saturated heterocycles. The van der Waals surface area contributed by atoms with Crippen LogP contribution in [0.5, 0.6) is 5.75 Å². The van der Waals surface area contributed by atoms with Gasteiger partial charge in [0.1, 0.15) is 5.75 Å². The Kier molecular flexibility index (Phi) is 7.24. The minimum Gasteiger partial charge on any atom is -0.497 e. The smallest absolute Gasteiger partial charge is 0.271 e. The molecule has 0 aliphatic carbocycles. The molecule has 3 aromatic rings. The van der Waals surface area contributed by atoms with Crippen molar-refractivity contribution < 1.29 is 19.1 Å². The Morgan fingerprint density at radius 1 is 0.839 bits per heavy atom. The van der Waals surface area contributed by atoms with E-state index in [4.69, 9.17) is 16.3 Å². The lowest BCUT2D eigenvalue weighted by Gasteiger charge is -2.09. The van der Waals surface area contributed by atoms with Gasteiger partial charge in [-0.25, -0.2) is 0 Å². The zero-order chi connectivity index (χ0) is 22.2. The molecule has 0 atom stereocenters. The fourth-order valence-corrected chi connectivity index (χ4v) is 2.96. The van der Waals surface area contributed by atoms with Crippen LogP contribution in [0.25, 0.3) is 0 Å². The Hall–Kier alpha value is -3.84.